The Morgan fingerprint density at radius 1 is 1.00 bits per heavy atom. The zero-order valence-electron chi connectivity index (χ0n) is 18.6. The van der Waals surface area contributed by atoms with Crippen LogP contribution in [0.3, 0.4) is 0 Å². The molecule has 1 heterocycles. The Kier molecular flexibility index (Phi) is 8.69. The van der Waals surface area contributed by atoms with Crippen molar-refractivity contribution in [1.29, 1.82) is 0 Å². The summed E-state index contributed by atoms with van der Waals surface area (Å²) in [4.78, 5) is 37.1. The maximum atomic E-state index is 12.5. The predicted molar refractivity (Wildman–Crippen MR) is 116 cm³/mol. The molecule has 1 aliphatic heterocycles. The van der Waals surface area contributed by atoms with Crippen LogP contribution in [0.1, 0.15) is 35.2 Å². The minimum absolute atomic E-state index is 0.0469. The predicted octanol–water partition coefficient (Wildman–Crippen LogP) is 4.18. The van der Waals surface area contributed by atoms with Crippen molar-refractivity contribution in [3.8, 4) is 5.75 Å². The second-order valence-electron chi connectivity index (χ2n) is 7.96. The summed E-state index contributed by atoms with van der Waals surface area (Å²) in [6.45, 7) is -0.0235. The van der Waals surface area contributed by atoms with Crippen molar-refractivity contribution < 1.29 is 46.5 Å². The lowest BCUT2D eigenvalue weighted by atomic mass is 9.89. The van der Waals surface area contributed by atoms with Gasteiger partial charge in [-0.25, -0.2) is 4.79 Å². The first kappa shape index (κ1) is 26.0. The molecule has 0 saturated carbocycles. The van der Waals surface area contributed by atoms with Gasteiger partial charge in [0.1, 0.15) is 12.4 Å². The number of halogens is 3. The first-order chi connectivity index (χ1) is 16.6. The van der Waals surface area contributed by atoms with Gasteiger partial charge >= 0.3 is 18.4 Å². The number of ketones is 1. The molecule has 0 aliphatic carbocycles. The molecule has 2 aromatic carbocycles. The number of nitrogens with one attached hydrogen (secondary N) is 1. The standard InChI is InChI=1S/C24H24F3NO7/c25-24(26,27)35-19-9-7-18(8-10-19)20(29)15-33-21(30)13-23(11-4-12-32-16-23)28-22(31)34-14-17-5-2-1-3-6-17/h1-3,5-10H,4,11-16H2,(H,28,31). The van der Waals surface area contributed by atoms with E-state index in [9.17, 15) is 27.6 Å². The Morgan fingerprint density at radius 2 is 1.71 bits per heavy atom. The summed E-state index contributed by atoms with van der Waals surface area (Å²) in [5.41, 5.74) is -0.207. The highest BCUT2D eigenvalue weighted by Crippen LogP contribution is 2.25. The Morgan fingerprint density at radius 3 is 2.34 bits per heavy atom. The molecule has 1 unspecified atom stereocenters. The lowest BCUT2D eigenvalue weighted by Gasteiger charge is -2.36. The van der Waals surface area contributed by atoms with Crippen molar-refractivity contribution in [3.63, 3.8) is 0 Å². The van der Waals surface area contributed by atoms with Crippen LogP contribution in [-0.4, -0.2) is 49.6 Å². The third-order valence-electron chi connectivity index (χ3n) is 5.16. The number of alkyl halides is 3. The molecule has 2 aromatic rings. The Labute approximate surface area is 199 Å². The molecule has 11 heteroatoms. The molecule has 1 atom stereocenters. The van der Waals surface area contributed by atoms with E-state index in [-0.39, 0.29) is 25.2 Å². The van der Waals surface area contributed by atoms with Gasteiger partial charge in [-0.15, -0.1) is 13.2 Å². The molecule has 35 heavy (non-hydrogen) atoms. The van der Waals surface area contributed by atoms with E-state index in [0.29, 0.717) is 19.4 Å². The van der Waals surface area contributed by atoms with E-state index < -0.39 is 42.1 Å². The number of carbonyl (C=O) groups is 3. The molecule has 1 N–H and O–H groups in total. The molecule has 0 spiro atoms. The third-order valence-corrected chi connectivity index (χ3v) is 5.16. The van der Waals surface area contributed by atoms with Gasteiger partial charge in [0.05, 0.1) is 18.6 Å². The fraction of sp³-hybridized carbons (Fsp3) is 0.375. The molecule has 1 amide bonds. The average Bonchev–Trinajstić information content (AvgIpc) is 2.82. The van der Waals surface area contributed by atoms with Crippen LogP contribution in [0.25, 0.3) is 0 Å². The van der Waals surface area contributed by atoms with Crippen molar-refractivity contribution in [2.24, 2.45) is 0 Å². The summed E-state index contributed by atoms with van der Waals surface area (Å²) in [6.07, 6.45) is -4.78. The number of carbonyl (C=O) groups excluding carboxylic acids is 3. The molecule has 0 aromatic heterocycles. The van der Waals surface area contributed by atoms with Gasteiger partial charge < -0.3 is 24.3 Å². The van der Waals surface area contributed by atoms with Gasteiger partial charge in [0.15, 0.2) is 12.4 Å². The number of amides is 1. The van der Waals surface area contributed by atoms with E-state index in [1.165, 1.54) is 0 Å². The molecule has 3 rings (SSSR count). The number of alkyl carbamates (subject to hydrolysis) is 1. The van der Waals surface area contributed by atoms with Gasteiger partial charge in [-0.1, -0.05) is 30.3 Å². The van der Waals surface area contributed by atoms with Crippen molar-refractivity contribution in [2.75, 3.05) is 19.8 Å². The van der Waals surface area contributed by atoms with Crippen LogP contribution in [0.5, 0.6) is 5.75 Å². The molecule has 1 saturated heterocycles. The van der Waals surface area contributed by atoms with Crippen LogP contribution in [0.2, 0.25) is 0 Å². The molecule has 1 fully saturated rings. The van der Waals surface area contributed by atoms with E-state index in [2.05, 4.69) is 10.1 Å². The second kappa shape index (κ2) is 11.7. The zero-order valence-corrected chi connectivity index (χ0v) is 18.6. The topological polar surface area (TPSA) is 100 Å². The second-order valence-corrected chi connectivity index (χ2v) is 7.96. The van der Waals surface area contributed by atoms with Gasteiger partial charge in [-0.3, -0.25) is 9.59 Å². The van der Waals surface area contributed by atoms with Crippen molar-refractivity contribution in [2.45, 2.75) is 37.8 Å². The monoisotopic (exact) mass is 495 g/mol. The van der Waals surface area contributed by atoms with E-state index >= 15 is 0 Å². The molecule has 0 bridgehead atoms. The molecular formula is C24H24F3NO7. The number of Topliss-reactive ketones (excluding diaryl/α,β-unsaturated/α-hetero) is 1. The van der Waals surface area contributed by atoms with Crippen LogP contribution >= 0.6 is 0 Å². The molecule has 1 aliphatic rings. The largest absolute Gasteiger partial charge is 0.573 e. The molecule has 8 nitrogen and oxygen atoms in total. The van der Waals surface area contributed by atoms with E-state index in [4.69, 9.17) is 14.2 Å². The number of esters is 1. The SMILES string of the molecule is O=C(CC1(NC(=O)OCc2ccccc2)CCCOC1)OCC(=O)c1ccc(OC(F)(F)F)cc1. The van der Waals surface area contributed by atoms with Gasteiger partial charge in [-0.05, 0) is 42.7 Å². The lowest BCUT2D eigenvalue weighted by molar-refractivity contribution is -0.274. The number of rotatable bonds is 9. The Bertz CT molecular complexity index is 1000. The summed E-state index contributed by atoms with van der Waals surface area (Å²) in [5.74, 6) is -1.83. The maximum absolute atomic E-state index is 12.5. The quantitative estimate of drug-likeness (QED) is 0.412. The van der Waals surface area contributed by atoms with Crippen LogP contribution in [0.15, 0.2) is 54.6 Å². The first-order valence-electron chi connectivity index (χ1n) is 10.8. The average molecular weight is 495 g/mol. The summed E-state index contributed by atoms with van der Waals surface area (Å²) in [6, 6.07) is 13.3. The zero-order chi connectivity index (χ0) is 25.3. The molecular weight excluding hydrogens is 471 g/mol. The summed E-state index contributed by atoms with van der Waals surface area (Å²) >= 11 is 0. The Balaban J connectivity index is 1.51. The highest BCUT2D eigenvalue weighted by Gasteiger charge is 2.38. The van der Waals surface area contributed by atoms with Gasteiger partial charge in [0.25, 0.3) is 0 Å². The summed E-state index contributed by atoms with van der Waals surface area (Å²) in [7, 11) is 0. The number of ether oxygens (including phenoxy) is 4. The van der Waals surface area contributed by atoms with Crippen LogP contribution < -0.4 is 10.1 Å². The van der Waals surface area contributed by atoms with Gasteiger partial charge in [0, 0.05) is 12.2 Å². The number of benzene rings is 2. The van der Waals surface area contributed by atoms with Crippen LogP contribution in [0, 0.1) is 0 Å². The first-order valence-corrected chi connectivity index (χ1v) is 10.8. The van der Waals surface area contributed by atoms with Crippen molar-refractivity contribution >= 4 is 17.8 Å². The van der Waals surface area contributed by atoms with Gasteiger partial charge in [-0.2, -0.15) is 0 Å². The molecule has 0 radical (unpaired) electrons. The summed E-state index contributed by atoms with van der Waals surface area (Å²) < 4.78 is 56.2. The minimum Gasteiger partial charge on any atom is -0.457 e. The highest BCUT2D eigenvalue weighted by atomic mass is 19.4. The van der Waals surface area contributed by atoms with Crippen molar-refractivity contribution in [3.05, 3.63) is 65.7 Å². The number of hydrogen-bond donors (Lipinski definition) is 1. The normalized spacial score (nSPS) is 17.8. The maximum Gasteiger partial charge on any atom is 0.573 e. The van der Waals surface area contributed by atoms with Crippen molar-refractivity contribution in [1.82, 2.24) is 5.32 Å². The third kappa shape index (κ3) is 8.60. The smallest absolute Gasteiger partial charge is 0.457 e. The number of hydrogen-bond acceptors (Lipinski definition) is 7. The van der Waals surface area contributed by atoms with E-state index in [0.717, 1.165) is 29.8 Å². The highest BCUT2D eigenvalue weighted by molar-refractivity contribution is 5.98. The molecule has 188 valence electrons. The van der Waals surface area contributed by atoms with E-state index in [1.54, 1.807) is 12.1 Å². The summed E-state index contributed by atoms with van der Waals surface area (Å²) in [5, 5.41) is 2.70. The van der Waals surface area contributed by atoms with E-state index in [1.807, 2.05) is 18.2 Å². The fourth-order valence-electron chi connectivity index (χ4n) is 3.51. The van der Waals surface area contributed by atoms with Gasteiger partial charge in [0.2, 0.25) is 0 Å². The minimum atomic E-state index is -4.85. The van der Waals surface area contributed by atoms with Crippen LogP contribution in [0.4, 0.5) is 18.0 Å². The lowest BCUT2D eigenvalue weighted by Crippen LogP contribution is -2.55. The fourth-order valence-corrected chi connectivity index (χ4v) is 3.51. The van der Waals surface area contributed by atoms with Crippen LogP contribution in [-0.2, 0) is 25.6 Å². The Hall–Kier alpha value is -3.60.